The van der Waals surface area contributed by atoms with Crippen LogP contribution in [0.2, 0.25) is 0 Å². The molecule has 0 atom stereocenters. The SMILES string of the molecule is CC/C(N)=C1/c2ccccc2CCc2sccc21. The van der Waals surface area contributed by atoms with Crippen LogP contribution in [0.15, 0.2) is 41.4 Å². The van der Waals surface area contributed by atoms with E-state index in [0.29, 0.717) is 0 Å². The van der Waals surface area contributed by atoms with Gasteiger partial charge in [0.15, 0.2) is 0 Å². The molecule has 0 unspecified atom stereocenters. The van der Waals surface area contributed by atoms with Crippen LogP contribution in [0.25, 0.3) is 5.57 Å². The van der Waals surface area contributed by atoms with Gasteiger partial charge in [-0.3, -0.25) is 0 Å². The maximum atomic E-state index is 6.29. The average molecular weight is 255 g/mol. The lowest BCUT2D eigenvalue weighted by molar-refractivity contribution is 0.985. The van der Waals surface area contributed by atoms with Crippen LogP contribution in [0, 0.1) is 0 Å². The van der Waals surface area contributed by atoms with Crippen molar-refractivity contribution in [2.24, 2.45) is 5.73 Å². The second-order valence-corrected chi connectivity index (χ2v) is 5.67. The minimum Gasteiger partial charge on any atom is -0.402 e. The Bertz CT molecular complexity index is 607. The highest BCUT2D eigenvalue weighted by Crippen LogP contribution is 2.37. The number of allylic oxidation sites excluding steroid dienone is 1. The van der Waals surface area contributed by atoms with E-state index >= 15 is 0 Å². The number of fused-ring (bicyclic) bond motifs is 2. The van der Waals surface area contributed by atoms with Crippen LogP contribution in [0.4, 0.5) is 0 Å². The molecule has 18 heavy (non-hydrogen) atoms. The average Bonchev–Trinajstić information content (AvgIpc) is 2.80. The van der Waals surface area contributed by atoms with Crippen molar-refractivity contribution in [2.75, 3.05) is 0 Å². The van der Waals surface area contributed by atoms with Crippen molar-refractivity contribution in [3.63, 3.8) is 0 Å². The summed E-state index contributed by atoms with van der Waals surface area (Å²) in [5.74, 6) is 0. The predicted molar refractivity (Wildman–Crippen MR) is 78.7 cm³/mol. The summed E-state index contributed by atoms with van der Waals surface area (Å²) in [6.07, 6.45) is 3.15. The van der Waals surface area contributed by atoms with Gasteiger partial charge in [-0.15, -0.1) is 11.3 Å². The Labute approximate surface area is 112 Å². The first-order chi connectivity index (χ1) is 8.81. The third-order valence-electron chi connectivity index (χ3n) is 3.62. The van der Waals surface area contributed by atoms with E-state index in [1.54, 1.807) is 0 Å². The molecule has 0 fully saturated rings. The second-order valence-electron chi connectivity index (χ2n) is 4.67. The fourth-order valence-corrected chi connectivity index (χ4v) is 3.54. The lowest BCUT2D eigenvalue weighted by atomic mass is 9.94. The maximum absolute atomic E-state index is 6.29. The predicted octanol–water partition coefficient (Wildman–Crippen LogP) is 3.97. The van der Waals surface area contributed by atoms with Crippen LogP contribution < -0.4 is 5.73 Å². The number of rotatable bonds is 1. The van der Waals surface area contributed by atoms with E-state index in [9.17, 15) is 0 Å². The van der Waals surface area contributed by atoms with Crippen molar-refractivity contribution in [2.45, 2.75) is 26.2 Å². The molecule has 92 valence electrons. The Balaban J connectivity index is 2.30. The van der Waals surface area contributed by atoms with E-state index in [0.717, 1.165) is 25.0 Å². The molecule has 2 heteroatoms. The molecule has 1 aromatic carbocycles. The summed E-state index contributed by atoms with van der Waals surface area (Å²) in [6, 6.07) is 10.9. The quantitative estimate of drug-likeness (QED) is 0.819. The highest BCUT2D eigenvalue weighted by Gasteiger charge is 2.20. The Morgan fingerprint density at radius 2 is 2.00 bits per heavy atom. The zero-order valence-electron chi connectivity index (χ0n) is 10.6. The van der Waals surface area contributed by atoms with E-state index < -0.39 is 0 Å². The number of thiophene rings is 1. The molecule has 0 bridgehead atoms. The Morgan fingerprint density at radius 3 is 2.83 bits per heavy atom. The summed E-state index contributed by atoms with van der Waals surface area (Å²) < 4.78 is 0. The minimum absolute atomic E-state index is 0.902. The molecule has 0 aliphatic heterocycles. The van der Waals surface area contributed by atoms with Crippen LogP contribution in [0.5, 0.6) is 0 Å². The van der Waals surface area contributed by atoms with Crippen molar-refractivity contribution in [3.05, 3.63) is 63.0 Å². The van der Waals surface area contributed by atoms with Crippen molar-refractivity contribution in [3.8, 4) is 0 Å². The van der Waals surface area contributed by atoms with E-state index in [1.165, 1.54) is 27.1 Å². The molecule has 1 aliphatic rings. The molecular weight excluding hydrogens is 238 g/mol. The molecule has 1 aliphatic carbocycles. The Kier molecular flexibility index (Phi) is 2.96. The van der Waals surface area contributed by atoms with Gasteiger partial charge in [0.2, 0.25) is 0 Å². The molecule has 0 saturated carbocycles. The monoisotopic (exact) mass is 255 g/mol. The fourth-order valence-electron chi connectivity index (χ4n) is 2.66. The topological polar surface area (TPSA) is 26.0 Å². The summed E-state index contributed by atoms with van der Waals surface area (Å²) in [6.45, 7) is 2.13. The summed E-state index contributed by atoms with van der Waals surface area (Å²) in [5.41, 5.74) is 12.7. The van der Waals surface area contributed by atoms with Crippen LogP contribution in [-0.2, 0) is 12.8 Å². The molecule has 3 rings (SSSR count). The molecule has 2 N–H and O–H groups in total. The second kappa shape index (κ2) is 4.62. The van der Waals surface area contributed by atoms with Crippen molar-refractivity contribution < 1.29 is 0 Å². The first-order valence-corrected chi connectivity index (χ1v) is 7.33. The molecule has 1 nitrogen and oxygen atoms in total. The van der Waals surface area contributed by atoms with Gasteiger partial charge < -0.3 is 5.73 Å². The van der Waals surface area contributed by atoms with Crippen LogP contribution in [0.1, 0.15) is 34.9 Å². The zero-order valence-corrected chi connectivity index (χ0v) is 11.4. The highest BCUT2D eigenvalue weighted by molar-refractivity contribution is 7.10. The first-order valence-electron chi connectivity index (χ1n) is 6.45. The van der Waals surface area contributed by atoms with Gasteiger partial charge in [0, 0.05) is 16.1 Å². The largest absolute Gasteiger partial charge is 0.402 e. The van der Waals surface area contributed by atoms with Crippen molar-refractivity contribution in [1.82, 2.24) is 0 Å². The molecule has 1 aromatic heterocycles. The third kappa shape index (κ3) is 1.77. The fraction of sp³-hybridized carbons (Fsp3) is 0.250. The van der Waals surface area contributed by atoms with Gasteiger partial charge in [0.05, 0.1) is 0 Å². The number of hydrogen-bond donors (Lipinski definition) is 1. The van der Waals surface area contributed by atoms with E-state index in [4.69, 9.17) is 5.73 Å². The van der Waals surface area contributed by atoms with Crippen LogP contribution in [0.3, 0.4) is 0 Å². The summed E-state index contributed by atoms with van der Waals surface area (Å²) in [5, 5.41) is 2.18. The van der Waals surface area contributed by atoms with Gasteiger partial charge >= 0.3 is 0 Å². The zero-order chi connectivity index (χ0) is 12.5. The standard InChI is InChI=1S/C16H17NS/c1-2-14(17)16-12-6-4-3-5-11(12)7-8-15-13(16)9-10-18-15/h3-6,9-10H,2,7-8,17H2,1H3/b16-14+. The van der Waals surface area contributed by atoms with Crippen LogP contribution in [-0.4, -0.2) is 0 Å². The normalized spacial score (nSPS) is 16.7. The van der Waals surface area contributed by atoms with Gasteiger partial charge in [-0.25, -0.2) is 0 Å². The number of aryl methyl sites for hydroxylation is 2. The first kappa shape index (κ1) is 11.5. The summed E-state index contributed by atoms with van der Waals surface area (Å²) in [7, 11) is 0. The molecule has 0 saturated heterocycles. The lowest BCUT2D eigenvalue weighted by Gasteiger charge is -2.12. The van der Waals surface area contributed by atoms with Crippen molar-refractivity contribution >= 4 is 16.9 Å². The number of nitrogens with two attached hydrogens (primary N) is 1. The Hall–Kier alpha value is -1.54. The van der Waals surface area contributed by atoms with E-state index in [1.807, 2.05) is 11.3 Å². The van der Waals surface area contributed by atoms with E-state index in [2.05, 4.69) is 42.6 Å². The van der Waals surface area contributed by atoms with Gasteiger partial charge in [0.25, 0.3) is 0 Å². The van der Waals surface area contributed by atoms with Gasteiger partial charge in [-0.1, -0.05) is 31.2 Å². The van der Waals surface area contributed by atoms with Crippen molar-refractivity contribution in [1.29, 1.82) is 0 Å². The van der Waals surface area contributed by atoms with E-state index in [-0.39, 0.29) is 0 Å². The molecular formula is C16H17NS. The minimum atomic E-state index is 0.902. The van der Waals surface area contributed by atoms with Gasteiger partial charge in [-0.2, -0.15) is 0 Å². The molecule has 0 radical (unpaired) electrons. The number of benzene rings is 1. The summed E-state index contributed by atoms with van der Waals surface area (Å²) in [4.78, 5) is 1.47. The highest BCUT2D eigenvalue weighted by atomic mass is 32.1. The molecule has 2 aromatic rings. The van der Waals surface area contributed by atoms with Crippen LogP contribution >= 0.6 is 11.3 Å². The smallest absolute Gasteiger partial charge is 0.0164 e. The van der Waals surface area contributed by atoms with Gasteiger partial charge in [0.1, 0.15) is 0 Å². The third-order valence-corrected chi connectivity index (χ3v) is 4.61. The maximum Gasteiger partial charge on any atom is 0.0164 e. The number of hydrogen-bond acceptors (Lipinski definition) is 2. The van der Waals surface area contributed by atoms with Gasteiger partial charge in [-0.05, 0) is 47.4 Å². The Morgan fingerprint density at radius 1 is 1.17 bits per heavy atom. The molecule has 0 amide bonds. The molecule has 0 spiro atoms. The lowest BCUT2D eigenvalue weighted by Crippen LogP contribution is -2.03. The summed E-state index contributed by atoms with van der Waals surface area (Å²) >= 11 is 1.85. The molecule has 1 heterocycles.